The Balaban J connectivity index is 1.96. The Labute approximate surface area is 85.3 Å². The molecule has 0 aromatic heterocycles. The molecular formula is C11H21F2N. The van der Waals surface area contributed by atoms with Crippen molar-refractivity contribution in [3.63, 3.8) is 0 Å². The molecule has 3 heteroatoms. The minimum atomic E-state index is -2.21. The van der Waals surface area contributed by atoms with Crippen molar-refractivity contribution < 1.29 is 8.78 Å². The summed E-state index contributed by atoms with van der Waals surface area (Å²) in [6.45, 7) is 2.90. The average Bonchev–Trinajstić information content (AvgIpc) is 2.15. The number of hydrogen-bond acceptors (Lipinski definition) is 1. The maximum absolute atomic E-state index is 11.8. The summed E-state index contributed by atoms with van der Waals surface area (Å²) in [7, 11) is 0. The largest absolute Gasteiger partial charge is 0.311 e. The van der Waals surface area contributed by atoms with Gasteiger partial charge in [-0.2, -0.15) is 0 Å². The molecule has 84 valence electrons. The Bertz CT molecular complexity index is 142. The first-order chi connectivity index (χ1) is 6.68. The van der Waals surface area contributed by atoms with Gasteiger partial charge in [0.05, 0.1) is 6.54 Å². The fraction of sp³-hybridized carbons (Fsp3) is 1.00. The molecule has 0 unspecified atom stereocenters. The molecular weight excluding hydrogens is 184 g/mol. The molecule has 1 nitrogen and oxygen atoms in total. The summed E-state index contributed by atoms with van der Waals surface area (Å²) in [4.78, 5) is 0. The third-order valence-electron chi connectivity index (χ3n) is 3.16. The smallest absolute Gasteiger partial charge is 0.250 e. The van der Waals surface area contributed by atoms with Gasteiger partial charge in [0.15, 0.2) is 0 Å². The van der Waals surface area contributed by atoms with Gasteiger partial charge in [-0.25, -0.2) is 8.78 Å². The normalized spacial score (nSPS) is 28.3. The summed E-state index contributed by atoms with van der Waals surface area (Å²) in [6.07, 6.45) is 4.08. The molecule has 0 aromatic rings. The summed E-state index contributed by atoms with van der Waals surface area (Å²) in [5.74, 6) is 1.65. The first-order valence-corrected chi connectivity index (χ1v) is 5.67. The highest BCUT2D eigenvalue weighted by atomic mass is 19.3. The van der Waals surface area contributed by atoms with Crippen LogP contribution < -0.4 is 5.32 Å². The predicted molar refractivity (Wildman–Crippen MR) is 54.6 cm³/mol. The van der Waals surface area contributed by atoms with E-state index in [-0.39, 0.29) is 6.54 Å². The second-order valence-electron chi connectivity index (χ2n) is 4.51. The first-order valence-electron chi connectivity index (χ1n) is 5.67. The quantitative estimate of drug-likeness (QED) is 0.680. The van der Waals surface area contributed by atoms with Crippen molar-refractivity contribution in [2.24, 2.45) is 11.8 Å². The first kappa shape index (κ1) is 11.9. The van der Waals surface area contributed by atoms with Crippen molar-refractivity contribution in [2.75, 3.05) is 13.1 Å². The van der Waals surface area contributed by atoms with Crippen LogP contribution in [-0.2, 0) is 0 Å². The van der Waals surface area contributed by atoms with E-state index >= 15 is 0 Å². The molecule has 0 aliphatic heterocycles. The average molecular weight is 205 g/mol. The van der Waals surface area contributed by atoms with E-state index in [0.717, 1.165) is 24.8 Å². The number of rotatable bonds is 5. The van der Waals surface area contributed by atoms with Gasteiger partial charge < -0.3 is 5.32 Å². The van der Waals surface area contributed by atoms with Gasteiger partial charge in [-0.3, -0.25) is 0 Å². The van der Waals surface area contributed by atoms with E-state index in [1.807, 2.05) is 0 Å². The van der Waals surface area contributed by atoms with E-state index in [0.29, 0.717) is 0 Å². The lowest BCUT2D eigenvalue weighted by molar-refractivity contribution is 0.144. The number of nitrogens with one attached hydrogen (secondary N) is 1. The minimum Gasteiger partial charge on any atom is -0.311 e. The van der Waals surface area contributed by atoms with E-state index in [1.165, 1.54) is 25.7 Å². The third kappa shape index (κ3) is 4.89. The lowest BCUT2D eigenvalue weighted by atomic mass is 9.81. The molecule has 1 rings (SSSR count). The van der Waals surface area contributed by atoms with Crippen LogP contribution in [0.15, 0.2) is 0 Å². The Morgan fingerprint density at radius 3 is 2.43 bits per heavy atom. The zero-order valence-electron chi connectivity index (χ0n) is 8.94. The van der Waals surface area contributed by atoms with E-state index in [4.69, 9.17) is 0 Å². The van der Waals surface area contributed by atoms with E-state index in [9.17, 15) is 8.78 Å². The highest BCUT2D eigenvalue weighted by molar-refractivity contribution is 4.70. The molecule has 1 saturated carbocycles. The fourth-order valence-electron chi connectivity index (χ4n) is 2.14. The topological polar surface area (TPSA) is 12.0 Å². The molecule has 1 aliphatic carbocycles. The highest BCUT2D eigenvalue weighted by Gasteiger charge is 2.17. The second kappa shape index (κ2) is 6.33. The molecule has 1 N–H and O–H groups in total. The summed E-state index contributed by atoms with van der Waals surface area (Å²) in [5.41, 5.74) is 0. The molecule has 0 amide bonds. The molecule has 0 heterocycles. The molecule has 0 radical (unpaired) electrons. The molecule has 1 fully saturated rings. The van der Waals surface area contributed by atoms with Gasteiger partial charge >= 0.3 is 0 Å². The van der Waals surface area contributed by atoms with Gasteiger partial charge in [0.25, 0.3) is 6.43 Å². The van der Waals surface area contributed by atoms with Crippen molar-refractivity contribution in [3.8, 4) is 0 Å². The van der Waals surface area contributed by atoms with E-state index in [1.54, 1.807) is 0 Å². The molecule has 0 atom stereocenters. The van der Waals surface area contributed by atoms with Gasteiger partial charge in [0.2, 0.25) is 0 Å². The molecule has 0 bridgehead atoms. The number of hydrogen-bond donors (Lipinski definition) is 1. The maximum Gasteiger partial charge on any atom is 0.250 e. The summed E-state index contributed by atoms with van der Waals surface area (Å²) in [6, 6.07) is 0. The van der Waals surface area contributed by atoms with Gasteiger partial charge in [-0.1, -0.05) is 32.6 Å². The van der Waals surface area contributed by atoms with Gasteiger partial charge in [0, 0.05) is 0 Å². The van der Waals surface area contributed by atoms with E-state index in [2.05, 4.69) is 12.2 Å². The van der Waals surface area contributed by atoms with Crippen LogP contribution in [0, 0.1) is 11.8 Å². The van der Waals surface area contributed by atoms with Gasteiger partial charge in [-0.15, -0.1) is 0 Å². The molecule has 0 spiro atoms. The fourth-order valence-corrected chi connectivity index (χ4v) is 2.14. The second-order valence-corrected chi connectivity index (χ2v) is 4.51. The van der Waals surface area contributed by atoms with Crippen LogP contribution in [0.1, 0.15) is 39.0 Å². The summed E-state index contributed by atoms with van der Waals surface area (Å²) >= 11 is 0. The monoisotopic (exact) mass is 205 g/mol. The van der Waals surface area contributed by atoms with Gasteiger partial charge in [0.1, 0.15) is 0 Å². The standard InChI is InChI=1S/C11H21F2N/c1-9-2-4-10(5-3-9)6-7-14-8-11(12)13/h9-11,14H,2-8H2,1H3. The summed E-state index contributed by atoms with van der Waals surface area (Å²) < 4.78 is 23.6. The Morgan fingerprint density at radius 2 is 1.86 bits per heavy atom. The van der Waals surface area contributed by atoms with Crippen LogP contribution in [-0.4, -0.2) is 19.5 Å². The summed E-state index contributed by atoms with van der Waals surface area (Å²) in [5, 5.41) is 2.79. The van der Waals surface area contributed by atoms with E-state index < -0.39 is 6.43 Å². The Morgan fingerprint density at radius 1 is 1.21 bits per heavy atom. The van der Waals surface area contributed by atoms with Crippen LogP contribution in [0.25, 0.3) is 0 Å². The predicted octanol–water partition coefficient (Wildman–Crippen LogP) is 3.06. The van der Waals surface area contributed by atoms with Crippen molar-refractivity contribution in [2.45, 2.75) is 45.5 Å². The zero-order chi connectivity index (χ0) is 10.4. The zero-order valence-corrected chi connectivity index (χ0v) is 8.94. The Hall–Kier alpha value is -0.180. The van der Waals surface area contributed by atoms with Crippen LogP contribution in [0.5, 0.6) is 0 Å². The molecule has 0 aromatic carbocycles. The van der Waals surface area contributed by atoms with Crippen LogP contribution in [0.2, 0.25) is 0 Å². The van der Waals surface area contributed by atoms with Crippen LogP contribution >= 0.6 is 0 Å². The highest BCUT2D eigenvalue weighted by Crippen LogP contribution is 2.29. The third-order valence-corrected chi connectivity index (χ3v) is 3.16. The maximum atomic E-state index is 11.8. The molecule has 1 aliphatic rings. The van der Waals surface area contributed by atoms with Crippen LogP contribution in [0.4, 0.5) is 8.78 Å². The van der Waals surface area contributed by atoms with Gasteiger partial charge in [-0.05, 0) is 24.8 Å². The number of alkyl halides is 2. The SMILES string of the molecule is CC1CCC(CCNCC(F)F)CC1. The Kier molecular flexibility index (Phi) is 5.38. The van der Waals surface area contributed by atoms with Crippen molar-refractivity contribution in [1.29, 1.82) is 0 Å². The lowest BCUT2D eigenvalue weighted by Crippen LogP contribution is -2.25. The van der Waals surface area contributed by atoms with Crippen molar-refractivity contribution >= 4 is 0 Å². The lowest BCUT2D eigenvalue weighted by Gasteiger charge is -2.26. The van der Waals surface area contributed by atoms with Crippen LogP contribution in [0.3, 0.4) is 0 Å². The molecule has 0 saturated heterocycles. The van der Waals surface area contributed by atoms with Crippen molar-refractivity contribution in [3.05, 3.63) is 0 Å². The minimum absolute atomic E-state index is 0.150. The number of halogens is 2. The molecule has 14 heavy (non-hydrogen) atoms. The van der Waals surface area contributed by atoms with Crippen molar-refractivity contribution in [1.82, 2.24) is 5.32 Å².